The van der Waals surface area contributed by atoms with E-state index in [1.807, 2.05) is 6.92 Å². The predicted molar refractivity (Wildman–Crippen MR) is 99.5 cm³/mol. The fraction of sp³-hybridized carbons (Fsp3) is 0.118. The van der Waals surface area contributed by atoms with E-state index in [2.05, 4.69) is 15.3 Å². The maximum atomic E-state index is 13.3. The fourth-order valence-electron chi connectivity index (χ4n) is 2.92. The van der Waals surface area contributed by atoms with Crippen LogP contribution < -0.4 is 11.3 Å². The minimum absolute atomic E-state index is 0.0690. The van der Waals surface area contributed by atoms with E-state index in [0.29, 0.717) is 17.6 Å². The van der Waals surface area contributed by atoms with Crippen molar-refractivity contribution >= 4 is 34.0 Å². The number of pyridine rings is 1. The number of halogens is 1. The number of benzene rings is 1. The molecule has 2 N–H and O–H groups in total. The van der Waals surface area contributed by atoms with E-state index in [9.17, 15) is 9.18 Å². The van der Waals surface area contributed by atoms with E-state index in [1.54, 1.807) is 22.7 Å². The van der Waals surface area contributed by atoms with Crippen molar-refractivity contribution in [2.24, 2.45) is 5.73 Å². The smallest absolute Gasteiger partial charge is 0.286 e. The number of aromatic nitrogens is 5. The molecule has 0 saturated carbocycles. The molecule has 0 saturated heterocycles. The summed E-state index contributed by atoms with van der Waals surface area (Å²) in [4.78, 5) is 12.5. The zero-order valence-corrected chi connectivity index (χ0v) is 14.5. The number of nitrogens with two attached hydrogens (primary N) is 1. The highest BCUT2D eigenvalue weighted by Crippen LogP contribution is 2.29. The van der Waals surface area contributed by atoms with Gasteiger partial charge in [-0.3, -0.25) is 9.36 Å². The van der Waals surface area contributed by atoms with Gasteiger partial charge in [0.25, 0.3) is 5.56 Å². The number of rotatable bonds is 2. The van der Waals surface area contributed by atoms with Crippen LogP contribution in [0.4, 0.5) is 4.39 Å². The largest absolute Gasteiger partial charge is 0.376 e. The van der Waals surface area contributed by atoms with Crippen LogP contribution in [0.5, 0.6) is 0 Å². The van der Waals surface area contributed by atoms with Gasteiger partial charge in [-0.1, -0.05) is 19.1 Å². The van der Waals surface area contributed by atoms with Crippen molar-refractivity contribution in [1.82, 2.24) is 24.4 Å². The molecule has 26 heavy (non-hydrogen) atoms. The van der Waals surface area contributed by atoms with Crippen molar-refractivity contribution < 1.29 is 4.39 Å². The second-order valence-corrected chi connectivity index (χ2v) is 6.10. The first-order valence-corrected chi connectivity index (χ1v) is 8.27. The molecule has 0 bridgehead atoms. The van der Waals surface area contributed by atoms with Gasteiger partial charge >= 0.3 is 0 Å². The summed E-state index contributed by atoms with van der Waals surface area (Å²) in [5, 5.41) is 12.8. The highest BCUT2D eigenvalue weighted by Gasteiger charge is 2.19. The lowest BCUT2D eigenvalue weighted by Gasteiger charge is -2.05. The van der Waals surface area contributed by atoms with Crippen molar-refractivity contribution in [3.8, 4) is 11.1 Å². The van der Waals surface area contributed by atoms with Crippen molar-refractivity contribution in [3.05, 3.63) is 58.4 Å². The number of aryl methyl sites for hydroxylation is 1. The summed E-state index contributed by atoms with van der Waals surface area (Å²) in [6, 6.07) is 7.77. The van der Waals surface area contributed by atoms with Gasteiger partial charge in [-0.05, 0) is 42.4 Å². The first kappa shape index (κ1) is 16.3. The monoisotopic (exact) mass is 368 g/mol. The Morgan fingerprint density at radius 2 is 1.96 bits per heavy atom. The molecule has 0 amide bonds. The van der Waals surface area contributed by atoms with Gasteiger partial charge < -0.3 is 5.73 Å². The summed E-state index contributed by atoms with van der Waals surface area (Å²) in [5.74, 6) is -0.321. The second-order valence-electron chi connectivity index (χ2n) is 5.68. The Hall–Kier alpha value is -3.20. The van der Waals surface area contributed by atoms with Crippen LogP contribution >= 0.6 is 12.2 Å². The molecular weight excluding hydrogens is 355 g/mol. The average Bonchev–Trinajstić information content (AvgIpc) is 3.01. The Kier molecular flexibility index (Phi) is 3.73. The first-order valence-electron chi connectivity index (χ1n) is 7.86. The zero-order valence-electron chi connectivity index (χ0n) is 13.7. The Labute approximate surface area is 151 Å². The van der Waals surface area contributed by atoms with E-state index < -0.39 is 5.56 Å². The molecule has 3 heterocycles. The lowest BCUT2D eigenvalue weighted by Crippen LogP contribution is -2.31. The molecular formula is C17H13FN6OS. The van der Waals surface area contributed by atoms with Crippen LogP contribution in [-0.2, 0) is 6.42 Å². The first-order chi connectivity index (χ1) is 12.5. The molecule has 0 aliphatic rings. The summed E-state index contributed by atoms with van der Waals surface area (Å²) >= 11 is 4.87. The van der Waals surface area contributed by atoms with Crippen LogP contribution in [0.25, 0.3) is 27.8 Å². The van der Waals surface area contributed by atoms with Crippen LogP contribution in [0.2, 0.25) is 0 Å². The Morgan fingerprint density at radius 3 is 2.62 bits per heavy atom. The maximum absolute atomic E-state index is 13.3. The van der Waals surface area contributed by atoms with Crippen LogP contribution in [0.1, 0.15) is 12.6 Å². The van der Waals surface area contributed by atoms with Crippen molar-refractivity contribution in [1.29, 1.82) is 0 Å². The summed E-state index contributed by atoms with van der Waals surface area (Å²) in [5.41, 5.74) is 8.52. The third-order valence-electron chi connectivity index (χ3n) is 4.16. The van der Waals surface area contributed by atoms with Gasteiger partial charge in [-0.25, -0.2) is 8.91 Å². The fourth-order valence-corrected chi connectivity index (χ4v) is 3.07. The minimum Gasteiger partial charge on any atom is -0.376 e. The molecule has 0 aliphatic heterocycles. The SMILES string of the molecule is CCc1nn2c(nnc3c(=O)n(C(N)=S)ccc32)c1-c1ccc(F)cc1. The number of thiocarbonyl (C=S) groups is 1. The predicted octanol–water partition coefficient (Wildman–Crippen LogP) is 1.90. The van der Waals surface area contributed by atoms with Crippen molar-refractivity contribution in [2.75, 3.05) is 0 Å². The summed E-state index contributed by atoms with van der Waals surface area (Å²) in [6.45, 7) is 1.96. The molecule has 9 heteroatoms. The molecule has 0 unspecified atom stereocenters. The lowest BCUT2D eigenvalue weighted by atomic mass is 10.0. The minimum atomic E-state index is -0.457. The lowest BCUT2D eigenvalue weighted by molar-refractivity contribution is 0.628. The molecule has 0 fully saturated rings. The Bertz CT molecular complexity index is 1230. The van der Waals surface area contributed by atoms with Gasteiger partial charge in [0.2, 0.25) is 0 Å². The van der Waals surface area contributed by atoms with Crippen LogP contribution in [-0.4, -0.2) is 29.5 Å². The highest BCUT2D eigenvalue weighted by atomic mass is 32.1. The molecule has 0 radical (unpaired) electrons. The van der Waals surface area contributed by atoms with Crippen LogP contribution in [0.15, 0.2) is 41.3 Å². The summed E-state index contributed by atoms with van der Waals surface area (Å²) in [7, 11) is 0. The number of hydrogen-bond acceptors (Lipinski definition) is 5. The third kappa shape index (κ3) is 2.36. The van der Waals surface area contributed by atoms with Gasteiger partial charge in [0.1, 0.15) is 11.3 Å². The van der Waals surface area contributed by atoms with Gasteiger partial charge in [0, 0.05) is 6.20 Å². The summed E-state index contributed by atoms with van der Waals surface area (Å²) in [6.07, 6.45) is 2.13. The van der Waals surface area contributed by atoms with Gasteiger partial charge in [-0.2, -0.15) is 5.10 Å². The topological polar surface area (TPSA) is 91.1 Å². The highest BCUT2D eigenvalue weighted by molar-refractivity contribution is 7.80. The van der Waals surface area contributed by atoms with Gasteiger partial charge in [0.15, 0.2) is 16.3 Å². The molecule has 4 aromatic rings. The van der Waals surface area contributed by atoms with Crippen LogP contribution in [0, 0.1) is 5.82 Å². The number of hydrogen-bond donors (Lipinski definition) is 1. The van der Waals surface area contributed by atoms with Crippen LogP contribution in [0.3, 0.4) is 0 Å². The van der Waals surface area contributed by atoms with Crippen molar-refractivity contribution in [2.45, 2.75) is 13.3 Å². The quantitative estimate of drug-likeness (QED) is 0.544. The average molecular weight is 368 g/mol. The molecule has 1 aromatic carbocycles. The molecule has 7 nitrogen and oxygen atoms in total. The third-order valence-corrected chi connectivity index (χ3v) is 4.35. The normalized spacial score (nSPS) is 11.3. The second kappa shape index (κ2) is 5.95. The van der Waals surface area contributed by atoms with E-state index in [1.165, 1.54) is 18.3 Å². The van der Waals surface area contributed by atoms with Gasteiger partial charge in [-0.15, -0.1) is 10.2 Å². The summed E-state index contributed by atoms with van der Waals surface area (Å²) < 4.78 is 16.0. The van der Waals surface area contributed by atoms with E-state index >= 15 is 0 Å². The molecule has 0 atom stereocenters. The maximum Gasteiger partial charge on any atom is 0.286 e. The molecule has 0 aliphatic carbocycles. The molecule has 3 aromatic heterocycles. The Morgan fingerprint density at radius 1 is 1.23 bits per heavy atom. The zero-order chi connectivity index (χ0) is 18.4. The van der Waals surface area contributed by atoms with E-state index in [-0.39, 0.29) is 16.4 Å². The van der Waals surface area contributed by atoms with E-state index in [4.69, 9.17) is 18.0 Å². The standard InChI is InChI=1S/C17H13FN6OS/c1-2-11-13(9-3-5-10(18)6-4-9)15-21-20-14-12(24(15)22-11)7-8-23(16(14)25)17(19)26/h3-8H,2H2,1H3,(H2,19,26). The molecule has 130 valence electrons. The Balaban J connectivity index is 2.08. The molecule has 4 rings (SSSR count). The number of fused-ring (bicyclic) bond motifs is 3. The van der Waals surface area contributed by atoms with Gasteiger partial charge in [0.05, 0.1) is 11.3 Å². The van der Waals surface area contributed by atoms with E-state index in [0.717, 1.165) is 21.4 Å². The number of nitrogens with zero attached hydrogens (tertiary/aromatic N) is 5. The molecule has 0 spiro atoms. The van der Waals surface area contributed by atoms with Crippen molar-refractivity contribution in [3.63, 3.8) is 0 Å².